The van der Waals surface area contributed by atoms with E-state index in [0.717, 1.165) is 18.2 Å². The Bertz CT molecular complexity index is 163. The van der Waals surface area contributed by atoms with Crippen LogP contribution in [-0.2, 0) is 4.79 Å². The summed E-state index contributed by atoms with van der Waals surface area (Å²) in [6.07, 6.45) is 2.15. The maximum Gasteiger partial charge on any atom is 0.223 e. The molecule has 0 aromatic heterocycles. The van der Waals surface area contributed by atoms with Gasteiger partial charge in [0.2, 0.25) is 5.91 Å². The maximum atomic E-state index is 11.2. The van der Waals surface area contributed by atoms with E-state index in [1.54, 1.807) is 0 Å². The van der Waals surface area contributed by atoms with E-state index in [4.69, 9.17) is 0 Å². The largest absolute Gasteiger partial charge is 0.350 e. The minimum Gasteiger partial charge on any atom is -0.350 e. The van der Waals surface area contributed by atoms with Crippen molar-refractivity contribution in [1.82, 2.24) is 5.32 Å². The van der Waals surface area contributed by atoms with Crippen molar-refractivity contribution >= 4 is 21.8 Å². The minimum absolute atomic E-state index is 0.0975. The van der Waals surface area contributed by atoms with Crippen molar-refractivity contribution in [2.45, 2.75) is 32.2 Å². The van der Waals surface area contributed by atoms with Crippen molar-refractivity contribution in [2.75, 3.05) is 5.33 Å². The van der Waals surface area contributed by atoms with E-state index in [2.05, 4.69) is 21.2 Å². The Balaban J connectivity index is 2.33. The molecule has 1 saturated carbocycles. The predicted molar refractivity (Wildman–Crippen MR) is 48.7 cm³/mol. The van der Waals surface area contributed by atoms with Crippen molar-refractivity contribution in [3.63, 3.8) is 0 Å². The number of carbonyl (C=O) groups excluding carboxylic acids is 1. The number of halogens is 1. The second-order valence-corrected chi connectivity index (χ2v) is 4.34. The first-order valence-electron chi connectivity index (χ1n) is 3.93. The lowest BCUT2D eigenvalue weighted by molar-refractivity contribution is -0.123. The molecular weight excluding hydrogens is 206 g/mol. The Hall–Kier alpha value is -0.0500. The summed E-state index contributed by atoms with van der Waals surface area (Å²) in [5.41, 5.74) is -0.0975. The van der Waals surface area contributed by atoms with E-state index in [1.165, 1.54) is 0 Å². The smallest absolute Gasteiger partial charge is 0.223 e. The molecule has 0 atom stereocenters. The summed E-state index contributed by atoms with van der Waals surface area (Å²) in [6, 6.07) is 0. The van der Waals surface area contributed by atoms with E-state index in [-0.39, 0.29) is 11.4 Å². The maximum absolute atomic E-state index is 11.2. The highest BCUT2D eigenvalue weighted by Crippen LogP contribution is 2.29. The number of nitrogens with one attached hydrogen (secondary N) is 1. The third kappa shape index (κ3) is 2.81. The van der Waals surface area contributed by atoms with Crippen molar-refractivity contribution in [3.8, 4) is 0 Å². The van der Waals surface area contributed by atoms with E-state index >= 15 is 0 Å². The lowest BCUT2D eigenvalue weighted by atomic mass is 10.1. The van der Waals surface area contributed by atoms with Crippen LogP contribution in [0.4, 0.5) is 0 Å². The van der Waals surface area contributed by atoms with Gasteiger partial charge < -0.3 is 5.32 Å². The van der Waals surface area contributed by atoms with Gasteiger partial charge in [-0.15, -0.1) is 0 Å². The molecule has 0 aromatic rings. The second-order valence-electron chi connectivity index (χ2n) is 3.78. The van der Waals surface area contributed by atoms with Gasteiger partial charge in [0.25, 0.3) is 0 Å². The normalized spacial score (nSPS) is 18.1. The van der Waals surface area contributed by atoms with Crippen molar-refractivity contribution < 1.29 is 4.79 Å². The van der Waals surface area contributed by atoms with Crippen LogP contribution in [0.3, 0.4) is 0 Å². The Kier molecular flexibility index (Phi) is 2.58. The number of hydrogen-bond acceptors (Lipinski definition) is 1. The Morgan fingerprint density at radius 2 is 2.18 bits per heavy atom. The number of carbonyl (C=O) groups is 1. The van der Waals surface area contributed by atoms with Crippen LogP contribution in [0.25, 0.3) is 0 Å². The summed E-state index contributed by atoms with van der Waals surface area (Å²) in [6.45, 7) is 4.03. The zero-order chi connectivity index (χ0) is 8.48. The van der Waals surface area contributed by atoms with Crippen LogP contribution in [-0.4, -0.2) is 16.8 Å². The highest BCUT2D eigenvalue weighted by atomic mass is 79.9. The summed E-state index contributed by atoms with van der Waals surface area (Å²) in [4.78, 5) is 11.2. The lowest BCUT2D eigenvalue weighted by Gasteiger charge is -2.23. The zero-order valence-corrected chi connectivity index (χ0v) is 8.57. The standard InChI is InChI=1S/C8H14BrNO/c1-8(2,5-9)10-7(11)6-3-4-6/h6H,3-5H2,1-2H3,(H,10,11). The molecular formula is C8H14BrNO. The first kappa shape index (κ1) is 9.04. The molecule has 0 saturated heterocycles. The van der Waals surface area contributed by atoms with Gasteiger partial charge in [-0.2, -0.15) is 0 Å². The van der Waals surface area contributed by atoms with Gasteiger partial charge in [-0.1, -0.05) is 15.9 Å². The number of rotatable bonds is 3. The summed E-state index contributed by atoms with van der Waals surface area (Å²) in [7, 11) is 0. The van der Waals surface area contributed by atoms with Crippen LogP contribution in [0.15, 0.2) is 0 Å². The molecule has 0 aliphatic heterocycles. The van der Waals surface area contributed by atoms with Crippen LogP contribution in [0.2, 0.25) is 0 Å². The number of hydrogen-bond donors (Lipinski definition) is 1. The molecule has 64 valence electrons. The van der Waals surface area contributed by atoms with Crippen molar-refractivity contribution in [1.29, 1.82) is 0 Å². The molecule has 0 bridgehead atoms. The first-order valence-corrected chi connectivity index (χ1v) is 5.05. The van der Waals surface area contributed by atoms with Gasteiger partial charge in [0.15, 0.2) is 0 Å². The third-order valence-corrected chi connectivity index (χ3v) is 3.15. The average Bonchev–Trinajstić information content (AvgIpc) is 2.67. The van der Waals surface area contributed by atoms with E-state index in [1.807, 2.05) is 13.8 Å². The van der Waals surface area contributed by atoms with Gasteiger partial charge in [0.05, 0.1) is 0 Å². The fraction of sp³-hybridized carbons (Fsp3) is 0.875. The van der Waals surface area contributed by atoms with E-state index in [0.29, 0.717) is 5.92 Å². The Morgan fingerprint density at radius 1 is 1.64 bits per heavy atom. The molecule has 2 nitrogen and oxygen atoms in total. The monoisotopic (exact) mass is 219 g/mol. The molecule has 0 unspecified atom stereocenters. The summed E-state index contributed by atoms with van der Waals surface area (Å²) in [5, 5.41) is 3.79. The lowest BCUT2D eigenvalue weighted by Crippen LogP contribution is -2.45. The summed E-state index contributed by atoms with van der Waals surface area (Å²) < 4.78 is 0. The molecule has 1 aliphatic carbocycles. The molecule has 0 radical (unpaired) electrons. The molecule has 11 heavy (non-hydrogen) atoms. The minimum atomic E-state index is -0.0975. The van der Waals surface area contributed by atoms with Crippen LogP contribution in [0.5, 0.6) is 0 Å². The molecule has 1 N–H and O–H groups in total. The highest BCUT2D eigenvalue weighted by Gasteiger charge is 2.32. The van der Waals surface area contributed by atoms with Gasteiger partial charge in [-0.3, -0.25) is 4.79 Å². The third-order valence-electron chi connectivity index (χ3n) is 1.74. The Morgan fingerprint density at radius 3 is 2.55 bits per heavy atom. The van der Waals surface area contributed by atoms with Gasteiger partial charge >= 0.3 is 0 Å². The van der Waals surface area contributed by atoms with Gasteiger partial charge in [-0.05, 0) is 26.7 Å². The first-order chi connectivity index (χ1) is 5.05. The molecule has 0 aromatic carbocycles. The van der Waals surface area contributed by atoms with Crippen molar-refractivity contribution in [2.24, 2.45) is 5.92 Å². The molecule has 1 aliphatic rings. The molecule has 1 amide bonds. The topological polar surface area (TPSA) is 29.1 Å². The van der Waals surface area contributed by atoms with Crippen LogP contribution < -0.4 is 5.32 Å². The fourth-order valence-electron chi connectivity index (χ4n) is 0.815. The molecule has 1 fully saturated rings. The number of amides is 1. The molecule has 1 rings (SSSR count). The molecule has 0 spiro atoms. The predicted octanol–water partition coefficient (Wildman–Crippen LogP) is 1.69. The highest BCUT2D eigenvalue weighted by molar-refractivity contribution is 9.09. The van der Waals surface area contributed by atoms with E-state index in [9.17, 15) is 4.79 Å². The van der Waals surface area contributed by atoms with Crippen LogP contribution in [0.1, 0.15) is 26.7 Å². The van der Waals surface area contributed by atoms with Crippen LogP contribution in [0, 0.1) is 5.92 Å². The zero-order valence-electron chi connectivity index (χ0n) is 6.98. The quantitative estimate of drug-likeness (QED) is 0.720. The summed E-state index contributed by atoms with van der Waals surface area (Å²) >= 11 is 3.35. The molecule has 3 heteroatoms. The van der Waals surface area contributed by atoms with Crippen molar-refractivity contribution in [3.05, 3.63) is 0 Å². The van der Waals surface area contributed by atoms with E-state index < -0.39 is 0 Å². The Labute approximate surface area is 75.9 Å². The van der Waals surface area contributed by atoms with Gasteiger partial charge in [0, 0.05) is 16.8 Å². The second kappa shape index (κ2) is 3.13. The van der Waals surface area contributed by atoms with Crippen LogP contribution >= 0.6 is 15.9 Å². The van der Waals surface area contributed by atoms with Gasteiger partial charge in [0.1, 0.15) is 0 Å². The fourth-order valence-corrected chi connectivity index (χ4v) is 0.955. The van der Waals surface area contributed by atoms with Gasteiger partial charge in [-0.25, -0.2) is 0 Å². The summed E-state index contributed by atoms with van der Waals surface area (Å²) in [5.74, 6) is 0.530. The molecule has 0 heterocycles. The SMILES string of the molecule is CC(C)(CBr)NC(=O)C1CC1. The number of alkyl halides is 1. The average molecular weight is 220 g/mol.